The third kappa shape index (κ3) is 4.88. The molecule has 9 heteroatoms. The monoisotopic (exact) mass is 493 g/mol. The Hall–Kier alpha value is -3.40. The van der Waals surface area contributed by atoms with Gasteiger partial charge in [-0.25, -0.2) is 8.42 Å². The van der Waals surface area contributed by atoms with Crippen molar-refractivity contribution in [1.82, 2.24) is 9.21 Å². The van der Waals surface area contributed by atoms with Crippen LogP contribution in [0.3, 0.4) is 0 Å². The number of ether oxygens (including phenoxy) is 2. The first-order chi connectivity index (χ1) is 16.9. The zero-order chi connectivity index (χ0) is 24.4. The van der Waals surface area contributed by atoms with E-state index in [9.17, 15) is 13.2 Å². The van der Waals surface area contributed by atoms with Crippen LogP contribution in [0, 0.1) is 0 Å². The van der Waals surface area contributed by atoms with E-state index in [1.807, 2.05) is 47.4 Å². The molecule has 3 aromatic carbocycles. The Labute approximate surface area is 205 Å². The van der Waals surface area contributed by atoms with Crippen molar-refractivity contribution < 1.29 is 22.7 Å². The van der Waals surface area contributed by atoms with Gasteiger partial charge in [0.15, 0.2) is 0 Å². The molecule has 0 aliphatic carbocycles. The van der Waals surface area contributed by atoms with Crippen LogP contribution in [0.25, 0.3) is 11.1 Å². The van der Waals surface area contributed by atoms with Crippen LogP contribution in [-0.4, -0.2) is 69.5 Å². The van der Waals surface area contributed by atoms with Gasteiger partial charge in [-0.15, -0.1) is 0 Å². The molecule has 3 aromatic rings. The highest BCUT2D eigenvalue weighted by Gasteiger charge is 2.36. The normalized spacial score (nSPS) is 19.2. The standard InChI is InChI=1S/C26H27N3O5S/c1-33-22-7-5-6-19(14-22)20-10-11-25-24(15-20)27-26(30)17-28-12-13-29(16-21(28)18-34-25)35(31,32)23-8-3-2-4-9-23/h2-11,14-15,21H,12-13,16-18H2,1H3,(H,27,30)/t21-/m1/s1. The second-order valence-electron chi connectivity index (χ2n) is 8.60. The van der Waals surface area contributed by atoms with E-state index < -0.39 is 10.0 Å². The third-order valence-electron chi connectivity index (χ3n) is 6.38. The van der Waals surface area contributed by atoms with Gasteiger partial charge in [-0.2, -0.15) is 4.31 Å². The predicted octanol–water partition coefficient (Wildman–Crippen LogP) is 3.07. The van der Waals surface area contributed by atoms with Crippen LogP contribution in [0.15, 0.2) is 77.7 Å². The Morgan fingerprint density at radius 2 is 1.77 bits per heavy atom. The van der Waals surface area contributed by atoms with Crippen molar-refractivity contribution in [3.63, 3.8) is 0 Å². The number of methoxy groups -OCH3 is 1. The van der Waals surface area contributed by atoms with Crippen molar-refractivity contribution in [3.8, 4) is 22.6 Å². The van der Waals surface area contributed by atoms with Crippen molar-refractivity contribution in [2.75, 3.05) is 45.2 Å². The molecule has 5 rings (SSSR count). The smallest absolute Gasteiger partial charge is 0.243 e. The summed E-state index contributed by atoms with van der Waals surface area (Å²) < 4.78 is 39.2. The lowest BCUT2D eigenvalue weighted by Crippen LogP contribution is -2.57. The predicted molar refractivity (Wildman–Crippen MR) is 133 cm³/mol. The minimum atomic E-state index is -3.62. The van der Waals surface area contributed by atoms with Gasteiger partial charge >= 0.3 is 0 Å². The van der Waals surface area contributed by atoms with Crippen LogP contribution in [0.2, 0.25) is 0 Å². The molecule has 2 aliphatic rings. The van der Waals surface area contributed by atoms with Crippen LogP contribution in [0.4, 0.5) is 5.69 Å². The molecule has 0 unspecified atom stereocenters. The molecule has 1 atom stereocenters. The molecule has 35 heavy (non-hydrogen) atoms. The molecule has 0 spiro atoms. The van der Waals surface area contributed by atoms with E-state index >= 15 is 0 Å². The zero-order valence-electron chi connectivity index (χ0n) is 19.4. The fourth-order valence-corrected chi connectivity index (χ4v) is 5.98. The van der Waals surface area contributed by atoms with E-state index in [0.29, 0.717) is 24.5 Å². The van der Waals surface area contributed by atoms with E-state index in [2.05, 4.69) is 5.32 Å². The Balaban J connectivity index is 1.38. The van der Waals surface area contributed by atoms with E-state index in [1.165, 1.54) is 4.31 Å². The van der Waals surface area contributed by atoms with Gasteiger partial charge in [0.05, 0.1) is 30.3 Å². The molecule has 1 saturated heterocycles. The number of carbonyl (C=O) groups excluding carboxylic acids is 1. The summed E-state index contributed by atoms with van der Waals surface area (Å²) in [5.41, 5.74) is 2.47. The van der Waals surface area contributed by atoms with Gasteiger partial charge in [-0.05, 0) is 47.5 Å². The fraction of sp³-hybridized carbons (Fsp3) is 0.269. The maximum absolute atomic E-state index is 13.1. The molecule has 0 bridgehead atoms. The lowest BCUT2D eigenvalue weighted by atomic mass is 10.0. The maximum Gasteiger partial charge on any atom is 0.243 e. The summed E-state index contributed by atoms with van der Waals surface area (Å²) in [7, 11) is -2.00. The first kappa shape index (κ1) is 23.3. The summed E-state index contributed by atoms with van der Waals surface area (Å²) in [4.78, 5) is 15.2. The van der Waals surface area contributed by atoms with E-state index in [-0.39, 0.29) is 36.5 Å². The molecule has 0 saturated carbocycles. The number of fused-ring (bicyclic) bond motifs is 2. The second kappa shape index (κ2) is 9.69. The highest BCUT2D eigenvalue weighted by Crippen LogP contribution is 2.33. The lowest BCUT2D eigenvalue weighted by Gasteiger charge is -2.39. The van der Waals surface area contributed by atoms with Gasteiger partial charge in [-0.1, -0.05) is 36.4 Å². The number of nitrogens with zero attached hydrogens (tertiary/aromatic N) is 2. The number of hydrogen-bond donors (Lipinski definition) is 1. The van der Waals surface area contributed by atoms with E-state index in [0.717, 1.165) is 16.9 Å². The first-order valence-corrected chi connectivity index (χ1v) is 12.9. The van der Waals surface area contributed by atoms with Gasteiger partial charge < -0.3 is 14.8 Å². The molecule has 2 heterocycles. The molecule has 2 aliphatic heterocycles. The Bertz CT molecular complexity index is 1330. The Kier molecular flexibility index (Phi) is 6.46. The van der Waals surface area contributed by atoms with Gasteiger partial charge in [0.25, 0.3) is 0 Å². The summed E-state index contributed by atoms with van der Waals surface area (Å²) >= 11 is 0. The molecule has 182 valence electrons. The number of anilines is 1. The number of benzene rings is 3. The molecule has 1 amide bonds. The van der Waals surface area contributed by atoms with Gasteiger partial charge in [0.1, 0.15) is 18.1 Å². The van der Waals surface area contributed by atoms with E-state index in [4.69, 9.17) is 9.47 Å². The molecule has 0 radical (unpaired) electrons. The van der Waals surface area contributed by atoms with Crippen molar-refractivity contribution >= 4 is 21.6 Å². The topological polar surface area (TPSA) is 88.2 Å². The summed E-state index contributed by atoms with van der Waals surface area (Å²) in [6.45, 7) is 1.44. The fourth-order valence-electron chi connectivity index (χ4n) is 4.49. The number of rotatable bonds is 4. The summed E-state index contributed by atoms with van der Waals surface area (Å²) in [5, 5.41) is 2.97. The lowest BCUT2D eigenvalue weighted by molar-refractivity contribution is -0.118. The minimum Gasteiger partial charge on any atom is -0.497 e. The molecular formula is C26H27N3O5S. The van der Waals surface area contributed by atoms with Crippen LogP contribution < -0.4 is 14.8 Å². The average molecular weight is 494 g/mol. The average Bonchev–Trinajstić information content (AvgIpc) is 2.95. The summed E-state index contributed by atoms with van der Waals surface area (Å²) in [6.07, 6.45) is 0. The number of hydrogen-bond acceptors (Lipinski definition) is 6. The van der Waals surface area contributed by atoms with Gasteiger partial charge in [0, 0.05) is 19.6 Å². The number of carbonyl (C=O) groups is 1. The zero-order valence-corrected chi connectivity index (χ0v) is 20.2. The summed E-state index contributed by atoms with van der Waals surface area (Å²) in [6, 6.07) is 21.5. The quantitative estimate of drug-likeness (QED) is 0.601. The summed E-state index contributed by atoms with van der Waals surface area (Å²) in [5.74, 6) is 1.14. The van der Waals surface area contributed by atoms with Crippen molar-refractivity contribution in [3.05, 3.63) is 72.8 Å². The van der Waals surface area contributed by atoms with Gasteiger partial charge in [0.2, 0.25) is 15.9 Å². The first-order valence-electron chi connectivity index (χ1n) is 11.4. The molecule has 8 nitrogen and oxygen atoms in total. The highest BCUT2D eigenvalue weighted by molar-refractivity contribution is 7.89. The Morgan fingerprint density at radius 1 is 0.971 bits per heavy atom. The number of piperazine rings is 1. The van der Waals surface area contributed by atoms with Crippen LogP contribution >= 0.6 is 0 Å². The van der Waals surface area contributed by atoms with E-state index in [1.54, 1.807) is 37.4 Å². The molecule has 1 fully saturated rings. The molecular weight excluding hydrogens is 466 g/mol. The van der Waals surface area contributed by atoms with Crippen molar-refractivity contribution in [2.45, 2.75) is 10.9 Å². The maximum atomic E-state index is 13.1. The molecule has 1 N–H and O–H groups in total. The van der Waals surface area contributed by atoms with Crippen molar-refractivity contribution in [1.29, 1.82) is 0 Å². The van der Waals surface area contributed by atoms with Crippen LogP contribution in [0.1, 0.15) is 0 Å². The Morgan fingerprint density at radius 3 is 2.57 bits per heavy atom. The number of nitrogens with one attached hydrogen (secondary N) is 1. The van der Waals surface area contributed by atoms with Crippen molar-refractivity contribution in [2.24, 2.45) is 0 Å². The van der Waals surface area contributed by atoms with Gasteiger partial charge in [-0.3, -0.25) is 9.69 Å². The molecule has 0 aromatic heterocycles. The SMILES string of the molecule is COc1cccc(-c2ccc3c(c2)NC(=O)CN2CCN(S(=O)(=O)c4ccccc4)C[C@@H]2CO3)c1. The largest absolute Gasteiger partial charge is 0.497 e. The van der Waals surface area contributed by atoms with Crippen LogP contribution in [0.5, 0.6) is 11.5 Å². The number of amides is 1. The highest BCUT2D eigenvalue weighted by atomic mass is 32.2. The minimum absolute atomic E-state index is 0.163. The van der Waals surface area contributed by atoms with Crippen LogP contribution in [-0.2, 0) is 14.8 Å². The third-order valence-corrected chi connectivity index (χ3v) is 8.26. The second-order valence-corrected chi connectivity index (χ2v) is 10.5. The number of sulfonamides is 1.